The van der Waals surface area contributed by atoms with Gasteiger partial charge in [-0.15, -0.1) is 0 Å². The number of benzene rings is 2. The van der Waals surface area contributed by atoms with Crippen LogP contribution in [0.1, 0.15) is 48.8 Å². The normalized spacial score (nSPS) is 15.4. The number of hydrogen-bond donors (Lipinski definition) is 0. The minimum absolute atomic E-state index is 0.574. The predicted molar refractivity (Wildman–Crippen MR) is 146 cm³/mol. The molecular weight excluding hydrogens is 444 g/mol. The number of nitriles is 1. The number of ether oxygens (including phenoxy) is 1. The molecule has 5 heteroatoms. The zero-order valence-electron chi connectivity index (χ0n) is 21.7. The average Bonchev–Trinajstić information content (AvgIpc) is 2.93. The minimum atomic E-state index is 0.574. The maximum absolute atomic E-state index is 9.20. The third kappa shape index (κ3) is 6.94. The van der Waals surface area contributed by atoms with Crippen molar-refractivity contribution < 1.29 is 4.74 Å². The molecule has 1 aromatic heterocycles. The fourth-order valence-corrected chi connectivity index (χ4v) is 5.11. The summed E-state index contributed by atoms with van der Waals surface area (Å²) in [5.41, 5.74) is 5.44. The van der Waals surface area contributed by atoms with E-state index in [4.69, 9.17) is 4.74 Å². The Balaban J connectivity index is 1.17. The van der Waals surface area contributed by atoms with Gasteiger partial charge in [-0.05, 0) is 68.0 Å². The molecule has 1 fully saturated rings. The average molecular weight is 483 g/mol. The molecule has 1 atom stereocenters. The smallest absolute Gasteiger partial charge is 0.127 e. The summed E-state index contributed by atoms with van der Waals surface area (Å²) in [6, 6.07) is 20.9. The van der Waals surface area contributed by atoms with E-state index in [0.717, 1.165) is 73.7 Å². The molecule has 1 saturated heterocycles. The Morgan fingerprint density at radius 3 is 2.47 bits per heavy atom. The Hall–Kier alpha value is -3.20. The Bertz CT molecular complexity index is 1130. The fraction of sp³-hybridized carbons (Fsp3) is 0.419. The highest BCUT2D eigenvalue weighted by Gasteiger charge is 2.18. The summed E-state index contributed by atoms with van der Waals surface area (Å²) in [6.07, 6.45) is 7.24. The van der Waals surface area contributed by atoms with Gasteiger partial charge < -0.3 is 9.64 Å². The van der Waals surface area contributed by atoms with Crippen LogP contribution in [0.25, 0.3) is 11.1 Å². The zero-order valence-corrected chi connectivity index (χ0v) is 21.7. The van der Waals surface area contributed by atoms with Crippen molar-refractivity contribution in [1.82, 2.24) is 14.8 Å². The van der Waals surface area contributed by atoms with Gasteiger partial charge in [0.2, 0.25) is 0 Å². The van der Waals surface area contributed by atoms with Crippen LogP contribution in [0.15, 0.2) is 67.0 Å². The second-order valence-electron chi connectivity index (χ2n) is 9.70. The van der Waals surface area contributed by atoms with Gasteiger partial charge in [0, 0.05) is 56.2 Å². The standard InChI is InChI=1S/C31H38N4O/c1-3-26(27-12-13-28(23-32)25(2)22-27)9-7-15-34-16-18-35(19-17-34)20-21-36-31-11-5-4-10-30(31)29-8-6-14-33-24-29/h4-6,8,10-14,22,24,26H,3,7,9,15-21H2,1-2H3. The highest BCUT2D eigenvalue weighted by atomic mass is 16.5. The number of nitrogens with zero attached hydrogens (tertiary/aromatic N) is 4. The van der Waals surface area contributed by atoms with E-state index in [2.05, 4.69) is 52.0 Å². The molecule has 2 aromatic carbocycles. The number of aryl methyl sites for hydroxylation is 1. The molecule has 5 nitrogen and oxygen atoms in total. The quantitative estimate of drug-likeness (QED) is 0.341. The lowest BCUT2D eigenvalue weighted by Gasteiger charge is -2.34. The van der Waals surface area contributed by atoms with E-state index in [1.807, 2.05) is 43.5 Å². The molecule has 188 valence electrons. The topological polar surface area (TPSA) is 52.4 Å². The van der Waals surface area contributed by atoms with Crippen LogP contribution < -0.4 is 4.74 Å². The van der Waals surface area contributed by atoms with Gasteiger partial charge in [0.05, 0.1) is 11.6 Å². The monoisotopic (exact) mass is 482 g/mol. The van der Waals surface area contributed by atoms with Crippen molar-refractivity contribution in [3.63, 3.8) is 0 Å². The first-order valence-electron chi connectivity index (χ1n) is 13.3. The third-order valence-electron chi connectivity index (χ3n) is 7.35. The van der Waals surface area contributed by atoms with Crippen molar-refractivity contribution in [2.24, 2.45) is 0 Å². The zero-order chi connectivity index (χ0) is 25.2. The molecule has 0 bridgehead atoms. The molecular formula is C31H38N4O. The highest BCUT2D eigenvalue weighted by Crippen LogP contribution is 2.29. The largest absolute Gasteiger partial charge is 0.492 e. The number of rotatable bonds is 11. The molecule has 0 N–H and O–H groups in total. The van der Waals surface area contributed by atoms with Crippen molar-refractivity contribution in [3.05, 3.63) is 83.7 Å². The summed E-state index contributed by atoms with van der Waals surface area (Å²) in [6.45, 7) is 11.6. The predicted octanol–water partition coefficient (Wildman–Crippen LogP) is 5.90. The molecule has 0 amide bonds. The van der Waals surface area contributed by atoms with Gasteiger partial charge in [0.25, 0.3) is 0 Å². The van der Waals surface area contributed by atoms with Crippen molar-refractivity contribution in [2.75, 3.05) is 45.9 Å². The summed E-state index contributed by atoms with van der Waals surface area (Å²) in [5.74, 6) is 1.50. The van der Waals surface area contributed by atoms with Crippen LogP contribution in [0, 0.1) is 18.3 Å². The van der Waals surface area contributed by atoms with Gasteiger partial charge in [0.1, 0.15) is 12.4 Å². The van der Waals surface area contributed by atoms with E-state index >= 15 is 0 Å². The molecule has 1 unspecified atom stereocenters. The molecule has 1 aliphatic heterocycles. The molecule has 2 heterocycles. The first-order chi connectivity index (χ1) is 17.7. The number of piperazine rings is 1. The van der Waals surface area contributed by atoms with E-state index in [9.17, 15) is 5.26 Å². The third-order valence-corrected chi connectivity index (χ3v) is 7.35. The Kier molecular flexibility index (Phi) is 9.49. The molecule has 0 spiro atoms. The van der Waals surface area contributed by atoms with Crippen LogP contribution in [-0.2, 0) is 0 Å². The van der Waals surface area contributed by atoms with E-state index in [1.54, 1.807) is 6.20 Å². The van der Waals surface area contributed by atoms with Gasteiger partial charge in [-0.3, -0.25) is 9.88 Å². The van der Waals surface area contributed by atoms with Gasteiger partial charge in [-0.25, -0.2) is 0 Å². The minimum Gasteiger partial charge on any atom is -0.492 e. The molecule has 36 heavy (non-hydrogen) atoms. The molecule has 1 aliphatic rings. The molecule has 4 rings (SSSR count). The van der Waals surface area contributed by atoms with Crippen LogP contribution in [0.3, 0.4) is 0 Å². The highest BCUT2D eigenvalue weighted by molar-refractivity contribution is 5.69. The summed E-state index contributed by atoms with van der Waals surface area (Å²) in [5, 5.41) is 9.20. The van der Waals surface area contributed by atoms with Crippen molar-refractivity contribution in [2.45, 2.75) is 39.0 Å². The molecule has 0 saturated carbocycles. The lowest BCUT2D eigenvalue weighted by molar-refractivity contribution is 0.115. The van der Waals surface area contributed by atoms with Crippen LogP contribution in [0.2, 0.25) is 0 Å². The Morgan fingerprint density at radius 2 is 1.78 bits per heavy atom. The lowest BCUT2D eigenvalue weighted by atomic mass is 9.90. The second kappa shape index (κ2) is 13.2. The van der Waals surface area contributed by atoms with Crippen molar-refractivity contribution >= 4 is 0 Å². The fourth-order valence-electron chi connectivity index (χ4n) is 5.11. The Labute approximate surface area is 216 Å². The summed E-state index contributed by atoms with van der Waals surface area (Å²) in [7, 11) is 0. The van der Waals surface area contributed by atoms with E-state index < -0.39 is 0 Å². The van der Waals surface area contributed by atoms with Crippen molar-refractivity contribution in [3.8, 4) is 22.9 Å². The van der Waals surface area contributed by atoms with Gasteiger partial charge in [-0.2, -0.15) is 5.26 Å². The number of aromatic nitrogens is 1. The first-order valence-corrected chi connectivity index (χ1v) is 13.3. The summed E-state index contributed by atoms with van der Waals surface area (Å²) < 4.78 is 6.19. The molecule has 3 aromatic rings. The molecule has 0 aliphatic carbocycles. The van der Waals surface area contributed by atoms with Crippen LogP contribution >= 0.6 is 0 Å². The van der Waals surface area contributed by atoms with Crippen LogP contribution in [-0.4, -0.2) is 60.7 Å². The summed E-state index contributed by atoms with van der Waals surface area (Å²) >= 11 is 0. The first kappa shape index (κ1) is 25.9. The summed E-state index contributed by atoms with van der Waals surface area (Å²) in [4.78, 5) is 9.36. The number of para-hydroxylation sites is 1. The van der Waals surface area contributed by atoms with Crippen LogP contribution in [0.4, 0.5) is 0 Å². The second-order valence-corrected chi connectivity index (χ2v) is 9.70. The van der Waals surface area contributed by atoms with Gasteiger partial charge in [-0.1, -0.05) is 43.3 Å². The van der Waals surface area contributed by atoms with E-state index in [-0.39, 0.29) is 0 Å². The van der Waals surface area contributed by atoms with Gasteiger partial charge in [0.15, 0.2) is 0 Å². The number of hydrogen-bond acceptors (Lipinski definition) is 5. The Morgan fingerprint density at radius 1 is 1.00 bits per heavy atom. The lowest BCUT2D eigenvalue weighted by Crippen LogP contribution is -2.47. The van der Waals surface area contributed by atoms with Gasteiger partial charge >= 0.3 is 0 Å². The number of pyridine rings is 1. The van der Waals surface area contributed by atoms with E-state index in [0.29, 0.717) is 12.5 Å². The SMILES string of the molecule is CCC(CCCN1CCN(CCOc2ccccc2-c2cccnc2)CC1)c1ccc(C#N)c(C)c1. The molecule has 0 radical (unpaired) electrons. The van der Waals surface area contributed by atoms with E-state index in [1.165, 1.54) is 18.4 Å². The van der Waals surface area contributed by atoms with Crippen molar-refractivity contribution in [1.29, 1.82) is 5.26 Å². The maximum atomic E-state index is 9.20. The maximum Gasteiger partial charge on any atom is 0.127 e. The van der Waals surface area contributed by atoms with Crippen LogP contribution in [0.5, 0.6) is 5.75 Å².